The first kappa shape index (κ1) is 13.2. The van der Waals surface area contributed by atoms with Gasteiger partial charge in [-0.2, -0.15) is 0 Å². The molecular formula is C12H18FN3O2. The van der Waals surface area contributed by atoms with E-state index in [0.717, 1.165) is 0 Å². The van der Waals surface area contributed by atoms with Crippen LogP contribution in [0.4, 0.5) is 10.2 Å². The van der Waals surface area contributed by atoms with Gasteiger partial charge < -0.3 is 14.7 Å². The first-order chi connectivity index (χ1) is 8.67. The largest absolute Gasteiger partial charge is 0.394 e. The van der Waals surface area contributed by atoms with E-state index in [9.17, 15) is 4.39 Å². The highest BCUT2D eigenvalue weighted by Gasteiger charge is 2.29. The molecule has 1 aromatic heterocycles. The number of nitrogens with zero attached hydrogens (tertiary/aromatic N) is 3. The molecule has 1 fully saturated rings. The van der Waals surface area contributed by atoms with E-state index in [4.69, 9.17) is 9.84 Å². The van der Waals surface area contributed by atoms with E-state index < -0.39 is 0 Å². The maximum Gasteiger partial charge on any atom is 0.187 e. The van der Waals surface area contributed by atoms with E-state index in [-0.39, 0.29) is 24.6 Å². The summed E-state index contributed by atoms with van der Waals surface area (Å²) in [5, 5.41) is 9.13. The van der Waals surface area contributed by atoms with Crippen molar-refractivity contribution in [3.63, 3.8) is 0 Å². The van der Waals surface area contributed by atoms with Gasteiger partial charge in [-0.05, 0) is 13.3 Å². The molecule has 2 heterocycles. The number of rotatable bonds is 3. The lowest BCUT2D eigenvalue weighted by Gasteiger charge is -2.38. The van der Waals surface area contributed by atoms with Crippen LogP contribution >= 0.6 is 0 Å². The number of ether oxygens (including phenoxy) is 1. The quantitative estimate of drug-likeness (QED) is 0.864. The molecule has 1 aliphatic rings. The molecule has 1 saturated heterocycles. The van der Waals surface area contributed by atoms with Crippen LogP contribution in [0, 0.1) is 5.82 Å². The van der Waals surface area contributed by atoms with Gasteiger partial charge in [0, 0.05) is 6.54 Å². The highest BCUT2D eigenvalue weighted by Crippen LogP contribution is 2.23. The van der Waals surface area contributed by atoms with Crippen molar-refractivity contribution in [2.45, 2.75) is 32.4 Å². The van der Waals surface area contributed by atoms with E-state index in [2.05, 4.69) is 9.97 Å². The summed E-state index contributed by atoms with van der Waals surface area (Å²) in [5.74, 6) is -0.0680. The number of aromatic nitrogens is 2. The minimum absolute atomic E-state index is 0.0295. The molecule has 1 aromatic rings. The van der Waals surface area contributed by atoms with Crippen LogP contribution in [-0.4, -0.2) is 47.0 Å². The third kappa shape index (κ3) is 2.44. The molecule has 0 spiro atoms. The van der Waals surface area contributed by atoms with Crippen LogP contribution in [-0.2, 0) is 11.2 Å². The van der Waals surface area contributed by atoms with E-state index in [1.54, 1.807) is 0 Å². The van der Waals surface area contributed by atoms with Crippen molar-refractivity contribution >= 4 is 5.82 Å². The minimum Gasteiger partial charge on any atom is -0.394 e. The molecule has 1 N–H and O–H groups in total. The normalized spacial score (nSPS) is 24.3. The Hall–Kier alpha value is -1.27. The van der Waals surface area contributed by atoms with Crippen molar-refractivity contribution in [1.82, 2.24) is 9.97 Å². The molecule has 2 unspecified atom stereocenters. The second-order valence-electron chi connectivity index (χ2n) is 4.45. The fourth-order valence-electron chi connectivity index (χ4n) is 2.07. The smallest absolute Gasteiger partial charge is 0.187 e. The van der Waals surface area contributed by atoms with Crippen molar-refractivity contribution < 1.29 is 14.2 Å². The molecule has 5 nitrogen and oxygen atoms in total. The zero-order valence-electron chi connectivity index (χ0n) is 10.6. The van der Waals surface area contributed by atoms with Crippen LogP contribution in [0.3, 0.4) is 0 Å². The maximum absolute atomic E-state index is 14.2. The van der Waals surface area contributed by atoms with Crippen LogP contribution < -0.4 is 4.90 Å². The fourth-order valence-corrected chi connectivity index (χ4v) is 2.07. The molecule has 0 aromatic carbocycles. The highest BCUT2D eigenvalue weighted by atomic mass is 19.1. The summed E-state index contributed by atoms with van der Waals surface area (Å²) in [6.07, 6.45) is 1.62. The van der Waals surface area contributed by atoms with Crippen molar-refractivity contribution in [2.24, 2.45) is 0 Å². The first-order valence-corrected chi connectivity index (χ1v) is 6.15. The number of hydrogen-bond acceptors (Lipinski definition) is 5. The van der Waals surface area contributed by atoms with Gasteiger partial charge in [-0.1, -0.05) is 6.92 Å². The van der Waals surface area contributed by atoms with Crippen LogP contribution in [0.2, 0.25) is 0 Å². The van der Waals surface area contributed by atoms with Gasteiger partial charge in [0.05, 0.1) is 31.1 Å². The number of morpholine rings is 1. The van der Waals surface area contributed by atoms with E-state index >= 15 is 0 Å². The Labute approximate surface area is 106 Å². The number of aliphatic hydroxyl groups is 1. The Balaban J connectivity index is 2.28. The molecule has 0 radical (unpaired) electrons. The summed E-state index contributed by atoms with van der Waals surface area (Å²) in [7, 11) is 0. The molecule has 0 aliphatic carbocycles. The van der Waals surface area contributed by atoms with Gasteiger partial charge in [-0.25, -0.2) is 14.4 Å². The SMILES string of the molecule is CCc1ncnc(N2CC(CO)OCC2C)c1F. The Bertz CT molecular complexity index is 416. The summed E-state index contributed by atoms with van der Waals surface area (Å²) in [6.45, 7) is 4.62. The third-order valence-corrected chi connectivity index (χ3v) is 3.16. The summed E-state index contributed by atoms with van der Waals surface area (Å²) in [6, 6.07) is 0.0295. The standard InChI is InChI=1S/C12H18FN3O2/c1-3-10-11(13)12(15-7-14-10)16-4-9(5-17)18-6-8(16)2/h7-9,17H,3-6H2,1-2H3. The molecule has 1 aliphatic heterocycles. The lowest BCUT2D eigenvalue weighted by atomic mass is 10.2. The van der Waals surface area contributed by atoms with E-state index in [0.29, 0.717) is 31.1 Å². The zero-order valence-corrected chi connectivity index (χ0v) is 10.6. The average molecular weight is 255 g/mol. The monoisotopic (exact) mass is 255 g/mol. The third-order valence-electron chi connectivity index (χ3n) is 3.16. The predicted molar refractivity (Wildman–Crippen MR) is 65.0 cm³/mol. The highest BCUT2D eigenvalue weighted by molar-refractivity contribution is 5.42. The Morgan fingerprint density at radius 1 is 1.56 bits per heavy atom. The van der Waals surface area contributed by atoms with Gasteiger partial charge in [0.25, 0.3) is 0 Å². The molecule has 100 valence electrons. The van der Waals surface area contributed by atoms with Gasteiger partial charge in [0.15, 0.2) is 11.6 Å². The maximum atomic E-state index is 14.2. The van der Waals surface area contributed by atoms with Crippen LogP contribution in [0.5, 0.6) is 0 Å². The topological polar surface area (TPSA) is 58.5 Å². The lowest BCUT2D eigenvalue weighted by molar-refractivity contribution is -0.0108. The number of halogens is 1. The average Bonchev–Trinajstić information content (AvgIpc) is 2.40. The van der Waals surface area contributed by atoms with E-state index in [1.807, 2.05) is 18.7 Å². The van der Waals surface area contributed by atoms with Crippen molar-refractivity contribution in [3.05, 3.63) is 17.8 Å². The van der Waals surface area contributed by atoms with Gasteiger partial charge >= 0.3 is 0 Å². The lowest BCUT2D eigenvalue weighted by Crippen LogP contribution is -2.50. The van der Waals surface area contributed by atoms with Gasteiger partial charge in [-0.15, -0.1) is 0 Å². The molecular weight excluding hydrogens is 237 g/mol. The molecule has 0 amide bonds. The van der Waals surface area contributed by atoms with Crippen molar-refractivity contribution in [1.29, 1.82) is 0 Å². The van der Waals surface area contributed by atoms with Crippen LogP contribution in [0.25, 0.3) is 0 Å². The van der Waals surface area contributed by atoms with Crippen LogP contribution in [0.15, 0.2) is 6.33 Å². The summed E-state index contributed by atoms with van der Waals surface area (Å²) in [4.78, 5) is 9.79. The van der Waals surface area contributed by atoms with Gasteiger partial charge in [-0.3, -0.25) is 0 Å². The molecule has 6 heteroatoms. The van der Waals surface area contributed by atoms with Gasteiger partial charge in [0.1, 0.15) is 6.33 Å². The Kier molecular flexibility index (Phi) is 4.08. The zero-order chi connectivity index (χ0) is 13.1. The molecule has 0 bridgehead atoms. The van der Waals surface area contributed by atoms with Crippen molar-refractivity contribution in [3.8, 4) is 0 Å². The molecule has 2 rings (SSSR count). The predicted octanol–water partition coefficient (Wildman–Crippen LogP) is 0.764. The number of aliphatic hydroxyl groups excluding tert-OH is 1. The summed E-state index contributed by atoms with van der Waals surface area (Å²) < 4.78 is 19.6. The number of hydrogen-bond donors (Lipinski definition) is 1. The first-order valence-electron chi connectivity index (χ1n) is 6.15. The minimum atomic E-state index is -0.370. The fraction of sp³-hybridized carbons (Fsp3) is 0.667. The van der Waals surface area contributed by atoms with E-state index in [1.165, 1.54) is 6.33 Å². The Morgan fingerprint density at radius 3 is 3.00 bits per heavy atom. The Morgan fingerprint density at radius 2 is 2.33 bits per heavy atom. The summed E-state index contributed by atoms with van der Waals surface area (Å²) in [5.41, 5.74) is 0.416. The molecule has 0 saturated carbocycles. The van der Waals surface area contributed by atoms with Crippen molar-refractivity contribution in [2.75, 3.05) is 24.7 Å². The van der Waals surface area contributed by atoms with Crippen LogP contribution in [0.1, 0.15) is 19.5 Å². The molecule has 18 heavy (non-hydrogen) atoms. The second kappa shape index (κ2) is 5.58. The molecule has 2 atom stereocenters. The second-order valence-corrected chi connectivity index (χ2v) is 4.45. The number of aryl methyl sites for hydroxylation is 1. The number of anilines is 1. The summed E-state index contributed by atoms with van der Waals surface area (Å²) >= 11 is 0. The van der Waals surface area contributed by atoms with Gasteiger partial charge in [0.2, 0.25) is 0 Å².